The highest BCUT2D eigenvalue weighted by Crippen LogP contribution is 2.36. The van der Waals surface area contributed by atoms with Crippen molar-refractivity contribution in [3.8, 4) is 16.9 Å². The summed E-state index contributed by atoms with van der Waals surface area (Å²) in [4.78, 5) is 11.6. The van der Waals surface area contributed by atoms with E-state index in [0.29, 0.717) is 29.2 Å². The largest absolute Gasteiger partial charge is 0.495 e. The van der Waals surface area contributed by atoms with Crippen LogP contribution >= 0.6 is 0 Å². The van der Waals surface area contributed by atoms with Gasteiger partial charge in [0.15, 0.2) is 0 Å². The van der Waals surface area contributed by atoms with Crippen LogP contribution in [-0.4, -0.2) is 32.6 Å². The first kappa shape index (κ1) is 22.3. The zero-order valence-corrected chi connectivity index (χ0v) is 18.6. The maximum absolute atomic E-state index is 13.2. The first-order valence-corrected chi connectivity index (χ1v) is 11.7. The first-order chi connectivity index (χ1) is 14.2. The average molecular weight is 436 g/mol. The van der Waals surface area contributed by atoms with E-state index in [4.69, 9.17) is 9.26 Å². The van der Waals surface area contributed by atoms with Crippen molar-refractivity contribution in [3.05, 3.63) is 23.9 Å². The van der Waals surface area contributed by atoms with Crippen LogP contribution in [0.15, 0.2) is 27.6 Å². The van der Waals surface area contributed by atoms with Crippen LogP contribution in [0.2, 0.25) is 0 Å². The Kier molecular flexibility index (Phi) is 6.82. The van der Waals surface area contributed by atoms with Crippen molar-refractivity contribution < 1.29 is 22.5 Å². The van der Waals surface area contributed by atoms with E-state index in [1.54, 1.807) is 18.2 Å². The molecule has 164 valence electrons. The number of hydrogen-bond acceptors (Lipinski definition) is 6. The molecular weight excluding hydrogens is 406 g/mol. The van der Waals surface area contributed by atoms with Gasteiger partial charge in [-0.3, -0.25) is 10.1 Å². The Morgan fingerprint density at radius 1 is 1.27 bits per heavy atom. The van der Waals surface area contributed by atoms with Gasteiger partial charge in [0, 0.05) is 13.0 Å². The highest BCUT2D eigenvalue weighted by molar-refractivity contribution is 7.89. The zero-order chi connectivity index (χ0) is 21.9. The lowest BCUT2D eigenvalue weighted by molar-refractivity contribution is -0.114. The molecule has 1 aliphatic rings. The van der Waals surface area contributed by atoms with E-state index in [1.807, 2.05) is 6.92 Å². The molecule has 1 fully saturated rings. The quantitative estimate of drug-likeness (QED) is 0.686. The highest BCUT2D eigenvalue weighted by atomic mass is 32.2. The Labute approximate surface area is 177 Å². The number of benzene rings is 1. The molecule has 0 bridgehead atoms. The average Bonchev–Trinajstić information content (AvgIpc) is 3.11. The normalized spacial score (nSPS) is 19.5. The number of aromatic nitrogens is 1. The van der Waals surface area contributed by atoms with E-state index in [0.717, 1.165) is 25.7 Å². The van der Waals surface area contributed by atoms with E-state index in [-0.39, 0.29) is 28.5 Å². The second kappa shape index (κ2) is 9.18. The fraction of sp³-hybridized carbons (Fsp3) is 0.524. The molecule has 1 aromatic carbocycles. The van der Waals surface area contributed by atoms with Gasteiger partial charge in [-0.1, -0.05) is 25.1 Å². The van der Waals surface area contributed by atoms with Gasteiger partial charge < -0.3 is 9.26 Å². The van der Waals surface area contributed by atoms with E-state index in [1.165, 1.54) is 14.0 Å². The molecule has 1 aliphatic carbocycles. The zero-order valence-electron chi connectivity index (χ0n) is 17.8. The smallest absolute Gasteiger partial charge is 0.244 e. The number of methoxy groups -OCH3 is 1. The van der Waals surface area contributed by atoms with Gasteiger partial charge in [-0.05, 0) is 55.7 Å². The molecule has 30 heavy (non-hydrogen) atoms. The van der Waals surface area contributed by atoms with Gasteiger partial charge in [0.2, 0.25) is 21.8 Å². The lowest BCUT2D eigenvalue weighted by Gasteiger charge is -2.27. The van der Waals surface area contributed by atoms with Crippen molar-refractivity contribution in [2.75, 3.05) is 12.4 Å². The molecule has 1 aromatic heterocycles. The molecule has 0 saturated heterocycles. The van der Waals surface area contributed by atoms with Crippen molar-refractivity contribution in [1.29, 1.82) is 0 Å². The van der Waals surface area contributed by atoms with Crippen LogP contribution in [0.3, 0.4) is 0 Å². The summed E-state index contributed by atoms with van der Waals surface area (Å²) in [5.74, 6) is 0.773. The minimum Gasteiger partial charge on any atom is -0.495 e. The summed E-state index contributed by atoms with van der Waals surface area (Å²) in [7, 11) is -2.36. The predicted octanol–water partition coefficient (Wildman–Crippen LogP) is 3.73. The molecule has 1 amide bonds. The second-order valence-corrected chi connectivity index (χ2v) is 9.49. The Morgan fingerprint density at radius 2 is 1.97 bits per heavy atom. The Morgan fingerprint density at radius 3 is 2.57 bits per heavy atom. The van der Waals surface area contributed by atoms with Crippen LogP contribution < -0.4 is 14.8 Å². The van der Waals surface area contributed by atoms with Crippen LogP contribution in [0.1, 0.15) is 52.1 Å². The third-order valence-electron chi connectivity index (χ3n) is 5.47. The fourth-order valence-corrected chi connectivity index (χ4v) is 5.31. The number of hydrogen-bond donors (Lipinski definition) is 2. The molecule has 2 aromatic rings. The van der Waals surface area contributed by atoms with Crippen molar-refractivity contribution >= 4 is 21.8 Å². The van der Waals surface area contributed by atoms with Crippen LogP contribution in [0, 0.1) is 5.92 Å². The van der Waals surface area contributed by atoms with Crippen LogP contribution in [-0.2, 0) is 21.2 Å². The molecule has 0 atom stereocenters. The number of carbonyl (C=O) groups excluding carboxylic acids is 1. The number of amides is 1. The molecule has 9 heteroatoms. The van der Waals surface area contributed by atoms with Crippen molar-refractivity contribution in [2.45, 2.75) is 63.8 Å². The molecule has 3 rings (SSSR count). The number of rotatable bonds is 7. The maximum atomic E-state index is 13.2. The van der Waals surface area contributed by atoms with Gasteiger partial charge in [0.25, 0.3) is 0 Å². The second-order valence-electron chi connectivity index (χ2n) is 7.81. The monoisotopic (exact) mass is 435 g/mol. The lowest BCUT2D eigenvalue weighted by Crippen LogP contribution is -2.37. The van der Waals surface area contributed by atoms with E-state index < -0.39 is 10.0 Å². The summed E-state index contributed by atoms with van der Waals surface area (Å²) >= 11 is 0. The van der Waals surface area contributed by atoms with Crippen molar-refractivity contribution in [1.82, 2.24) is 9.88 Å². The van der Waals surface area contributed by atoms with Gasteiger partial charge in [0.1, 0.15) is 10.6 Å². The van der Waals surface area contributed by atoms with Crippen molar-refractivity contribution in [3.63, 3.8) is 0 Å². The summed E-state index contributed by atoms with van der Waals surface area (Å²) in [6.45, 7) is 5.47. The van der Waals surface area contributed by atoms with Crippen LogP contribution in [0.5, 0.6) is 5.75 Å². The minimum absolute atomic E-state index is 0.0538. The van der Waals surface area contributed by atoms with Crippen LogP contribution in [0.4, 0.5) is 5.88 Å². The van der Waals surface area contributed by atoms with E-state index >= 15 is 0 Å². The molecule has 2 N–H and O–H groups in total. The lowest BCUT2D eigenvalue weighted by atomic mass is 9.88. The molecular formula is C21H29N3O5S. The first-order valence-electron chi connectivity index (χ1n) is 10.2. The number of nitrogens with zero attached hydrogens (tertiary/aromatic N) is 1. The summed E-state index contributed by atoms with van der Waals surface area (Å²) < 4.78 is 39.9. The van der Waals surface area contributed by atoms with Gasteiger partial charge in [-0.25, -0.2) is 13.1 Å². The van der Waals surface area contributed by atoms with Gasteiger partial charge in [-0.2, -0.15) is 0 Å². The summed E-state index contributed by atoms with van der Waals surface area (Å²) in [5, 5.41) is 6.63. The SMILES string of the molecule is CCc1noc(NC(C)=O)c1-c1ccc(OC)c(S(=O)(=O)NC2CCC(C)CC2)c1. The minimum atomic E-state index is -3.80. The summed E-state index contributed by atoms with van der Waals surface area (Å²) in [6.07, 6.45) is 4.21. The summed E-state index contributed by atoms with van der Waals surface area (Å²) in [5.41, 5.74) is 1.77. The molecule has 0 aliphatic heterocycles. The van der Waals surface area contributed by atoms with E-state index in [9.17, 15) is 13.2 Å². The highest BCUT2D eigenvalue weighted by Gasteiger charge is 2.28. The molecule has 0 unspecified atom stereocenters. The summed E-state index contributed by atoms with van der Waals surface area (Å²) in [6, 6.07) is 4.80. The topological polar surface area (TPSA) is 111 Å². The molecule has 1 heterocycles. The van der Waals surface area contributed by atoms with Gasteiger partial charge >= 0.3 is 0 Å². The predicted molar refractivity (Wildman–Crippen MR) is 114 cm³/mol. The van der Waals surface area contributed by atoms with Gasteiger partial charge in [-0.15, -0.1) is 0 Å². The number of carbonyl (C=O) groups is 1. The Bertz CT molecular complexity index is 1010. The Hall–Kier alpha value is -2.39. The standard InChI is InChI=1S/C21H29N3O5S/c1-5-17-20(21(29-23-17)22-14(3)25)15-8-11-18(28-4)19(12-15)30(26,27)24-16-9-6-13(2)7-10-16/h8,11-13,16,24H,5-7,9-10H2,1-4H3,(H,22,25). The third kappa shape index (κ3) is 4.84. The van der Waals surface area contributed by atoms with Gasteiger partial charge in [0.05, 0.1) is 18.4 Å². The number of aryl methyl sites for hydroxylation is 1. The number of sulfonamides is 1. The molecule has 0 radical (unpaired) electrons. The molecule has 8 nitrogen and oxygen atoms in total. The van der Waals surface area contributed by atoms with Crippen molar-refractivity contribution in [2.24, 2.45) is 5.92 Å². The fourth-order valence-electron chi connectivity index (χ4n) is 3.81. The number of nitrogens with one attached hydrogen (secondary N) is 2. The molecule has 1 saturated carbocycles. The number of ether oxygens (including phenoxy) is 1. The maximum Gasteiger partial charge on any atom is 0.244 e. The Balaban J connectivity index is 2.00. The molecule has 0 spiro atoms. The number of anilines is 1. The van der Waals surface area contributed by atoms with Crippen LogP contribution in [0.25, 0.3) is 11.1 Å². The van der Waals surface area contributed by atoms with E-state index in [2.05, 4.69) is 22.1 Å². The third-order valence-corrected chi connectivity index (χ3v) is 7.01.